The van der Waals surface area contributed by atoms with Gasteiger partial charge in [-0.3, -0.25) is 24.6 Å². The number of fused-ring (bicyclic) bond motifs is 2. The quantitative estimate of drug-likeness (QED) is 0.578. The van der Waals surface area contributed by atoms with E-state index in [1.807, 2.05) is 12.1 Å². The van der Waals surface area contributed by atoms with Crippen LogP contribution in [0.1, 0.15) is 58.1 Å². The molecule has 1 N–H and O–H groups in total. The number of benzene rings is 2. The van der Waals surface area contributed by atoms with E-state index in [-0.39, 0.29) is 23.5 Å². The van der Waals surface area contributed by atoms with E-state index in [0.717, 1.165) is 49.1 Å². The number of hydrogen-bond donors (Lipinski definition) is 1. The standard InChI is InChI=1S/C27H27N3O3S/c31-24-8-7-20(27(33)29-24)21-14-18-13-17(5-6-19(18)26(21)32)16-9-11-30(12-10-16)15-25-28-22-3-1-2-4-23(22)34-25/h1-6,13,16,20-21H,7-12,14-15H2,(H,29,31,33). The second-order valence-corrected chi connectivity index (χ2v) is 10.9. The number of para-hydroxylation sites is 1. The highest BCUT2D eigenvalue weighted by Gasteiger charge is 2.42. The van der Waals surface area contributed by atoms with E-state index in [1.165, 1.54) is 15.3 Å². The Morgan fingerprint density at radius 1 is 1.00 bits per heavy atom. The lowest BCUT2D eigenvalue weighted by atomic mass is 9.83. The van der Waals surface area contributed by atoms with E-state index in [0.29, 0.717) is 25.2 Å². The van der Waals surface area contributed by atoms with Gasteiger partial charge in [-0.05, 0) is 68.0 Å². The summed E-state index contributed by atoms with van der Waals surface area (Å²) >= 11 is 1.78. The minimum Gasteiger partial charge on any atom is -0.297 e. The molecule has 6 rings (SSSR count). The summed E-state index contributed by atoms with van der Waals surface area (Å²) in [5.74, 6) is -0.715. The highest BCUT2D eigenvalue weighted by molar-refractivity contribution is 7.18. The Morgan fingerprint density at radius 3 is 2.62 bits per heavy atom. The number of thiazole rings is 1. The van der Waals surface area contributed by atoms with E-state index >= 15 is 0 Å². The Kier molecular flexibility index (Phi) is 5.54. The lowest BCUT2D eigenvalue weighted by Gasteiger charge is -2.31. The Bertz CT molecular complexity index is 1260. The van der Waals surface area contributed by atoms with E-state index in [9.17, 15) is 14.4 Å². The number of nitrogens with zero attached hydrogens (tertiary/aromatic N) is 2. The number of ketones is 1. The maximum Gasteiger partial charge on any atom is 0.230 e. The van der Waals surface area contributed by atoms with Crippen molar-refractivity contribution in [3.63, 3.8) is 0 Å². The van der Waals surface area contributed by atoms with Gasteiger partial charge in [-0.15, -0.1) is 11.3 Å². The number of carbonyl (C=O) groups is 3. The molecule has 0 radical (unpaired) electrons. The van der Waals surface area contributed by atoms with E-state index in [1.54, 1.807) is 11.3 Å². The molecule has 1 aromatic heterocycles. The lowest BCUT2D eigenvalue weighted by Crippen LogP contribution is -2.44. The van der Waals surface area contributed by atoms with Gasteiger partial charge in [0.25, 0.3) is 0 Å². The minimum atomic E-state index is -0.396. The predicted octanol–water partition coefficient (Wildman–Crippen LogP) is 4.08. The summed E-state index contributed by atoms with van der Waals surface area (Å²) in [6.45, 7) is 2.98. The van der Waals surface area contributed by atoms with Crippen molar-refractivity contribution >= 4 is 39.2 Å². The predicted molar refractivity (Wildman–Crippen MR) is 131 cm³/mol. The molecule has 2 atom stereocenters. The molecule has 3 aliphatic rings. The summed E-state index contributed by atoms with van der Waals surface area (Å²) in [6, 6.07) is 14.6. The van der Waals surface area contributed by atoms with Crippen LogP contribution in [0.15, 0.2) is 42.5 Å². The zero-order chi connectivity index (χ0) is 23.2. The van der Waals surface area contributed by atoms with Gasteiger partial charge in [0.05, 0.1) is 16.8 Å². The first-order chi connectivity index (χ1) is 16.5. The van der Waals surface area contributed by atoms with E-state index in [4.69, 9.17) is 4.98 Å². The van der Waals surface area contributed by atoms with Crippen LogP contribution in [0, 0.1) is 11.8 Å². The molecule has 0 saturated carbocycles. The maximum absolute atomic E-state index is 13.0. The fraction of sp³-hybridized carbons (Fsp3) is 0.407. The fourth-order valence-corrected chi connectivity index (χ4v) is 6.84. The van der Waals surface area contributed by atoms with Gasteiger partial charge in [0.15, 0.2) is 5.78 Å². The fourth-order valence-electron chi connectivity index (χ4n) is 5.83. The average Bonchev–Trinajstić information content (AvgIpc) is 3.39. The molecule has 0 spiro atoms. The molecule has 2 amide bonds. The normalized spacial score (nSPS) is 23.9. The summed E-state index contributed by atoms with van der Waals surface area (Å²) in [6.07, 6.45) is 3.57. The number of carbonyl (C=O) groups excluding carboxylic acids is 3. The Hall–Kier alpha value is -2.90. The Morgan fingerprint density at radius 2 is 1.82 bits per heavy atom. The van der Waals surface area contributed by atoms with E-state index < -0.39 is 5.92 Å². The van der Waals surface area contributed by atoms with Crippen molar-refractivity contribution < 1.29 is 14.4 Å². The first kappa shape index (κ1) is 21.6. The first-order valence-corrected chi connectivity index (χ1v) is 12.9. The van der Waals surface area contributed by atoms with Crippen LogP contribution in [0.5, 0.6) is 0 Å². The molecule has 3 aromatic rings. The van der Waals surface area contributed by atoms with Crippen molar-refractivity contribution in [1.29, 1.82) is 0 Å². The smallest absolute Gasteiger partial charge is 0.230 e. The highest BCUT2D eigenvalue weighted by atomic mass is 32.1. The summed E-state index contributed by atoms with van der Waals surface area (Å²) in [5, 5.41) is 3.58. The van der Waals surface area contributed by atoms with Crippen LogP contribution in [0.4, 0.5) is 0 Å². The van der Waals surface area contributed by atoms with Gasteiger partial charge in [-0.1, -0.05) is 30.3 Å². The lowest BCUT2D eigenvalue weighted by molar-refractivity contribution is -0.137. The van der Waals surface area contributed by atoms with Crippen molar-refractivity contribution in [3.8, 4) is 0 Å². The number of hydrogen-bond acceptors (Lipinski definition) is 6. The molecular weight excluding hydrogens is 446 g/mol. The number of piperidine rings is 2. The third kappa shape index (κ3) is 3.97. The molecular formula is C27H27N3O3S. The zero-order valence-corrected chi connectivity index (χ0v) is 19.8. The van der Waals surface area contributed by atoms with Crippen LogP contribution < -0.4 is 5.32 Å². The number of likely N-dealkylation sites (tertiary alicyclic amines) is 1. The molecule has 174 valence electrons. The summed E-state index contributed by atoms with van der Waals surface area (Å²) < 4.78 is 1.25. The number of rotatable bonds is 4. The third-order valence-electron chi connectivity index (χ3n) is 7.69. The summed E-state index contributed by atoms with van der Waals surface area (Å²) in [7, 11) is 0. The highest BCUT2D eigenvalue weighted by Crippen LogP contribution is 2.38. The Labute approximate surface area is 202 Å². The number of imide groups is 1. The molecule has 2 aliphatic heterocycles. The SMILES string of the molecule is O=C1CCC(C2Cc3cc(C4CCN(Cc5nc6ccccc6s5)CC4)ccc3C2=O)C(=O)N1. The van der Waals surface area contributed by atoms with Crippen LogP contribution in [-0.4, -0.2) is 40.6 Å². The molecule has 34 heavy (non-hydrogen) atoms. The molecule has 7 heteroatoms. The largest absolute Gasteiger partial charge is 0.297 e. The van der Waals surface area contributed by atoms with Gasteiger partial charge in [-0.2, -0.15) is 0 Å². The van der Waals surface area contributed by atoms with Crippen LogP contribution in [-0.2, 0) is 22.6 Å². The van der Waals surface area contributed by atoms with Crippen molar-refractivity contribution in [3.05, 3.63) is 64.2 Å². The third-order valence-corrected chi connectivity index (χ3v) is 8.72. The molecule has 0 bridgehead atoms. The topological polar surface area (TPSA) is 79.4 Å². The molecule has 1 aliphatic carbocycles. The van der Waals surface area contributed by atoms with Gasteiger partial charge in [-0.25, -0.2) is 4.98 Å². The van der Waals surface area contributed by atoms with Crippen LogP contribution >= 0.6 is 11.3 Å². The average molecular weight is 474 g/mol. The van der Waals surface area contributed by atoms with Crippen molar-refractivity contribution in [2.24, 2.45) is 11.8 Å². The van der Waals surface area contributed by atoms with Gasteiger partial charge in [0.2, 0.25) is 11.8 Å². The molecule has 2 unspecified atom stereocenters. The summed E-state index contributed by atoms with van der Waals surface area (Å²) in [4.78, 5) is 44.1. The van der Waals surface area contributed by atoms with Crippen molar-refractivity contribution in [2.75, 3.05) is 13.1 Å². The molecule has 3 heterocycles. The zero-order valence-electron chi connectivity index (χ0n) is 19.0. The first-order valence-electron chi connectivity index (χ1n) is 12.1. The number of aromatic nitrogens is 1. The molecule has 2 fully saturated rings. The van der Waals surface area contributed by atoms with Gasteiger partial charge < -0.3 is 0 Å². The van der Waals surface area contributed by atoms with Crippen molar-refractivity contribution in [1.82, 2.24) is 15.2 Å². The number of amides is 2. The second kappa shape index (κ2) is 8.71. The van der Waals surface area contributed by atoms with Crippen LogP contribution in [0.25, 0.3) is 10.2 Å². The molecule has 2 saturated heterocycles. The number of nitrogens with one attached hydrogen (secondary N) is 1. The molecule has 6 nitrogen and oxygen atoms in total. The van der Waals surface area contributed by atoms with Crippen LogP contribution in [0.2, 0.25) is 0 Å². The minimum absolute atomic E-state index is 0.0571. The Balaban J connectivity index is 1.10. The second-order valence-electron chi connectivity index (χ2n) is 9.77. The summed E-state index contributed by atoms with van der Waals surface area (Å²) in [5.41, 5.74) is 4.21. The maximum atomic E-state index is 13.0. The van der Waals surface area contributed by atoms with Gasteiger partial charge in [0.1, 0.15) is 5.01 Å². The molecule has 2 aromatic carbocycles. The number of Topliss-reactive ketones (excluding diaryl/α,β-unsaturated/α-hetero) is 1. The van der Waals surface area contributed by atoms with Crippen LogP contribution in [0.3, 0.4) is 0 Å². The van der Waals surface area contributed by atoms with Crippen molar-refractivity contribution in [2.45, 2.75) is 44.6 Å². The van der Waals surface area contributed by atoms with Gasteiger partial charge >= 0.3 is 0 Å². The monoisotopic (exact) mass is 473 g/mol. The van der Waals surface area contributed by atoms with Gasteiger partial charge in [0, 0.05) is 23.8 Å². The van der Waals surface area contributed by atoms with E-state index in [2.05, 4.69) is 40.5 Å².